The maximum absolute atomic E-state index is 12.9. The minimum absolute atomic E-state index is 0.0347. The molecule has 24 heavy (non-hydrogen) atoms. The van der Waals surface area contributed by atoms with Crippen LogP contribution in [-0.4, -0.2) is 36.7 Å². The molecule has 0 bridgehead atoms. The molecule has 1 saturated carbocycles. The minimum atomic E-state index is -2.28. The van der Waals surface area contributed by atoms with E-state index in [1.165, 1.54) is 0 Å². The quantitative estimate of drug-likeness (QED) is 0.380. The fraction of sp³-hybridized carbons (Fsp3) is 0.500. The number of rotatable bonds is 6. The zero-order valence-corrected chi connectivity index (χ0v) is 17.9. The molecule has 3 nitrogen and oxygen atoms in total. The SMILES string of the molecule is C=[C](COC(=O)C1(Cc2ccccc2)CCCCC1=O)[Sn]([CH3])([CH3])[CH3]. The van der Waals surface area contributed by atoms with Gasteiger partial charge >= 0.3 is 149 Å². The number of hydrogen-bond acceptors (Lipinski definition) is 3. The second kappa shape index (κ2) is 7.85. The van der Waals surface area contributed by atoms with E-state index in [0.29, 0.717) is 19.3 Å². The number of benzene rings is 1. The summed E-state index contributed by atoms with van der Waals surface area (Å²) >= 11 is -2.28. The molecule has 0 spiro atoms. The van der Waals surface area contributed by atoms with Crippen LogP contribution in [0.15, 0.2) is 40.5 Å². The number of ketones is 1. The van der Waals surface area contributed by atoms with Crippen LogP contribution in [-0.2, 0) is 20.7 Å². The van der Waals surface area contributed by atoms with Gasteiger partial charge in [0.15, 0.2) is 0 Å². The summed E-state index contributed by atoms with van der Waals surface area (Å²) in [4.78, 5) is 32.3. The van der Waals surface area contributed by atoms with Gasteiger partial charge in [0.25, 0.3) is 0 Å². The molecule has 0 amide bonds. The molecule has 0 N–H and O–H groups in total. The second-order valence-corrected chi connectivity index (χ2v) is 22.7. The number of ether oxygens (including phenoxy) is 1. The van der Waals surface area contributed by atoms with Crippen LogP contribution in [0, 0.1) is 5.41 Å². The molecule has 0 aromatic heterocycles. The zero-order chi connectivity index (χ0) is 17.8. The Bertz CT molecular complexity index is 616. The van der Waals surface area contributed by atoms with Crippen LogP contribution < -0.4 is 0 Å². The van der Waals surface area contributed by atoms with Crippen molar-refractivity contribution >= 4 is 30.1 Å². The second-order valence-electron chi connectivity index (χ2n) is 7.80. The van der Waals surface area contributed by atoms with E-state index in [1.807, 2.05) is 30.3 Å². The van der Waals surface area contributed by atoms with Crippen molar-refractivity contribution in [2.24, 2.45) is 5.41 Å². The van der Waals surface area contributed by atoms with Crippen LogP contribution in [0.3, 0.4) is 0 Å². The molecular weight excluding hydrogens is 407 g/mol. The predicted molar refractivity (Wildman–Crippen MR) is 99.5 cm³/mol. The summed E-state index contributed by atoms with van der Waals surface area (Å²) < 4.78 is 6.67. The first-order chi connectivity index (χ1) is 11.3. The molecule has 1 aliphatic carbocycles. The summed E-state index contributed by atoms with van der Waals surface area (Å²) in [7, 11) is 0. The van der Waals surface area contributed by atoms with Crippen LogP contribution in [0.1, 0.15) is 31.2 Å². The van der Waals surface area contributed by atoms with E-state index in [-0.39, 0.29) is 18.4 Å². The van der Waals surface area contributed by atoms with Crippen LogP contribution in [0.25, 0.3) is 0 Å². The van der Waals surface area contributed by atoms with Crippen LogP contribution in [0.4, 0.5) is 0 Å². The topological polar surface area (TPSA) is 43.4 Å². The van der Waals surface area contributed by atoms with Gasteiger partial charge in [0.1, 0.15) is 0 Å². The van der Waals surface area contributed by atoms with Gasteiger partial charge in [0.2, 0.25) is 0 Å². The third-order valence-electron chi connectivity index (χ3n) is 4.97. The Morgan fingerprint density at radius 2 is 1.88 bits per heavy atom. The van der Waals surface area contributed by atoms with E-state index in [4.69, 9.17) is 4.74 Å². The van der Waals surface area contributed by atoms with Gasteiger partial charge in [-0.15, -0.1) is 0 Å². The number of esters is 1. The van der Waals surface area contributed by atoms with Crippen molar-refractivity contribution < 1.29 is 14.3 Å². The summed E-state index contributed by atoms with van der Waals surface area (Å²) in [6.45, 7) is 4.37. The first-order valence-electron chi connectivity index (χ1n) is 8.68. The molecule has 1 fully saturated rings. The average Bonchev–Trinajstić information content (AvgIpc) is 2.54. The van der Waals surface area contributed by atoms with Gasteiger partial charge in [0.05, 0.1) is 0 Å². The summed E-state index contributed by atoms with van der Waals surface area (Å²) in [6, 6.07) is 9.77. The summed E-state index contributed by atoms with van der Waals surface area (Å²) in [5.74, 6) is -0.319. The third-order valence-corrected chi connectivity index (χ3v) is 11.4. The molecule has 0 saturated heterocycles. The number of Topliss-reactive ketones (excluding diaryl/α,β-unsaturated/α-hetero) is 1. The fourth-order valence-electron chi connectivity index (χ4n) is 3.02. The van der Waals surface area contributed by atoms with Gasteiger partial charge in [0, 0.05) is 0 Å². The molecule has 0 heterocycles. The van der Waals surface area contributed by atoms with E-state index in [9.17, 15) is 9.59 Å². The molecule has 1 aromatic rings. The van der Waals surface area contributed by atoms with Gasteiger partial charge in [-0.2, -0.15) is 0 Å². The first-order valence-corrected chi connectivity index (χ1v) is 18.7. The molecule has 1 unspecified atom stereocenters. The Kier molecular flexibility index (Phi) is 6.29. The molecule has 1 aromatic carbocycles. The normalized spacial score (nSPS) is 21.4. The van der Waals surface area contributed by atoms with Crippen molar-refractivity contribution in [3.63, 3.8) is 0 Å². The molecular formula is C20H28O3Sn. The van der Waals surface area contributed by atoms with E-state index in [0.717, 1.165) is 22.0 Å². The summed E-state index contributed by atoms with van der Waals surface area (Å²) in [5, 5.41) is 0. The van der Waals surface area contributed by atoms with Crippen LogP contribution >= 0.6 is 0 Å². The number of hydrogen-bond donors (Lipinski definition) is 0. The monoisotopic (exact) mass is 436 g/mol. The predicted octanol–water partition coefficient (Wildman–Crippen LogP) is 4.34. The maximum atomic E-state index is 12.9. The standard InChI is InChI=1S/C17H19O3.3CH3.Sn/c1-2-12-20-16(19)17(11-7-6-10-15(17)18)13-14-8-4-3-5-9-14;;;;/h3-5,8-9H,1,6-7,10-13H2;3*1H3;. The molecule has 1 atom stereocenters. The molecule has 130 valence electrons. The van der Waals surface area contributed by atoms with E-state index < -0.39 is 23.8 Å². The molecule has 1 aliphatic rings. The molecule has 0 aliphatic heterocycles. The summed E-state index contributed by atoms with van der Waals surface area (Å²) in [6.07, 6.45) is 3.27. The van der Waals surface area contributed by atoms with Crippen molar-refractivity contribution in [3.8, 4) is 0 Å². The Hall–Kier alpha value is -1.10. The average molecular weight is 435 g/mol. The van der Waals surface area contributed by atoms with Crippen molar-refractivity contribution in [1.29, 1.82) is 0 Å². The van der Waals surface area contributed by atoms with Gasteiger partial charge in [-0.1, -0.05) is 0 Å². The molecule has 0 radical (unpaired) electrons. The van der Waals surface area contributed by atoms with Gasteiger partial charge in [-0.3, -0.25) is 0 Å². The van der Waals surface area contributed by atoms with Gasteiger partial charge in [-0.25, -0.2) is 0 Å². The molecule has 4 heteroatoms. The van der Waals surface area contributed by atoms with Gasteiger partial charge < -0.3 is 0 Å². The van der Waals surface area contributed by atoms with Crippen molar-refractivity contribution in [3.05, 3.63) is 46.1 Å². The van der Waals surface area contributed by atoms with Crippen molar-refractivity contribution in [2.45, 2.75) is 46.9 Å². The number of carbonyl (C=O) groups is 2. The fourth-order valence-corrected chi connectivity index (χ4v) is 4.46. The van der Waals surface area contributed by atoms with E-state index in [1.54, 1.807) is 0 Å². The number of carbonyl (C=O) groups excluding carboxylic acids is 2. The van der Waals surface area contributed by atoms with Crippen molar-refractivity contribution in [2.75, 3.05) is 6.61 Å². The Labute approximate surface area is 149 Å². The van der Waals surface area contributed by atoms with Crippen LogP contribution in [0.2, 0.25) is 14.8 Å². The van der Waals surface area contributed by atoms with E-state index >= 15 is 0 Å². The van der Waals surface area contributed by atoms with Crippen molar-refractivity contribution in [1.82, 2.24) is 0 Å². The Balaban J connectivity index is 2.18. The Morgan fingerprint density at radius 1 is 1.21 bits per heavy atom. The van der Waals surface area contributed by atoms with Crippen LogP contribution in [0.5, 0.6) is 0 Å². The first kappa shape index (κ1) is 19.2. The van der Waals surface area contributed by atoms with Gasteiger partial charge in [-0.05, 0) is 0 Å². The van der Waals surface area contributed by atoms with E-state index in [2.05, 4.69) is 21.4 Å². The zero-order valence-electron chi connectivity index (χ0n) is 15.1. The summed E-state index contributed by atoms with van der Waals surface area (Å²) in [5.41, 5.74) is 0.00586. The Morgan fingerprint density at radius 3 is 2.46 bits per heavy atom. The molecule has 2 rings (SSSR count). The third kappa shape index (κ3) is 4.50.